The van der Waals surface area contributed by atoms with Crippen LogP contribution >= 0.6 is 11.6 Å². The molecule has 3 N–H and O–H groups in total. The van der Waals surface area contributed by atoms with Crippen LogP contribution in [0.15, 0.2) is 22.6 Å². The molecule has 2 aromatic rings. The molecule has 7 heteroatoms. The van der Waals surface area contributed by atoms with Crippen LogP contribution in [0.3, 0.4) is 0 Å². The van der Waals surface area contributed by atoms with Crippen LogP contribution in [0, 0.1) is 0 Å². The molecule has 0 amide bonds. The minimum atomic E-state index is 0.272. The molecule has 0 aliphatic rings. The summed E-state index contributed by atoms with van der Waals surface area (Å²) in [6.45, 7) is 0.460. The smallest absolute Gasteiger partial charge is 0.320 e. The second-order valence-electron chi connectivity index (χ2n) is 3.51. The average molecular weight is 269 g/mol. The Balaban J connectivity index is 2.16. The molecule has 0 saturated heterocycles. The lowest BCUT2D eigenvalue weighted by atomic mass is 10.3. The van der Waals surface area contributed by atoms with Crippen molar-refractivity contribution >= 4 is 23.3 Å². The molecule has 1 aromatic heterocycles. The van der Waals surface area contributed by atoms with Gasteiger partial charge in [0.05, 0.1) is 17.8 Å². The second-order valence-corrected chi connectivity index (χ2v) is 3.92. The van der Waals surface area contributed by atoms with Gasteiger partial charge in [0.1, 0.15) is 5.75 Å². The molecule has 0 atom stereocenters. The third-order valence-corrected chi connectivity index (χ3v) is 2.57. The Bertz CT molecular complexity index is 530. The van der Waals surface area contributed by atoms with Crippen LogP contribution in [0.5, 0.6) is 5.75 Å². The van der Waals surface area contributed by atoms with Gasteiger partial charge in [0.2, 0.25) is 5.89 Å². The molecule has 2 rings (SSSR count). The Kier molecular flexibility index (Phi) is 4.01. The van der Waals surface area contributed by atoms with Crippen LogP contribution < -0.4 is 15.8 Å². The molecule has 1 aromatic carbocycles. The van der Waals surface area contributed by atoms with Gasteiger partial charge in [-0.3, -0.25) is 0 Å². The molecule has 0 radical (unpaired) electrons. The first-order valence-electron chi connectivity index (χ1n) is 5.36. The topological polar surface area (TPSA) is 86.2 Å². The van der Waals surface area contributed by atoms with Gasteiger partial charge in [-0.2, -0.15) is 0 Å². The van der Waals surface area contributed by atoms with Gasteiger partial charge in [-0.05, 0) is 12.1 Å². The summed E-state index contributed by atoms with van der Waals surface area (Å²) < 4.78 is 10.5. The summed E-state index contributed by atoms with van der Waals surface area (Å²) in [6.07, 6.45) is 0.542. The van der Waals surface area contributed by atoms with E-state index >= 15 is 0 Å². The minimum absolute atomic E-state index is 0.272. The Morgan fingerprint density at radius 2 is 2.28 bits per heavy atom. The summed E-state index contributed by atoms with van der Waals surface area (Å²) in [5, 5.41) is 11.2. The third kappa shape index (κ3) is 2.91. The zero-order chi connectivity index (χ0) is 13.0. The average Bonchev–Trinajstić information content (AvgIpc) is 2.80. The van der Waals surface area contributed by atoms with Gasteiger partial charge in [0.25, 0.3) is 0 Å². The Morgan fingerprint density at radius 1 is 1.44 bits per heavy atom. The summed E-state index contributed by atoms with van der Waals surface area (Å²) in [5.41, 5.74) is 6.04. The van der Waals surface area contributed by atoms with Crippen molar-refractivity contribution in [2.45, 2.75) is 6.42 Å². The van der Waals surface area contributed by atoms with Crippen LogP contribution in [0.1, 0.15) is 5.89 Å². The molecule has 1 heterocycles. The zero-order valence-corrected chi connectivity index (χ0v) is 10.6. The maximum atomic E-state index is 6.04. The highest BCUT2D eigenvalue weighted by Gasteiger charge is 2.08. The molecule has 0 spiro atoms. The predicted octanol–water partition coefficient (Wildman–Crippen LogP) is 1.98. The van der Waals surface area contributed by atoms with Crippen LogP contribution in [0.2, 0.25) is 5.02 Å². The first kappa shape index (κ1) is 12.7. The number of hydrogen-bond donors (Lipinski definition) is 2. The maximum absolute atomic E-state index is 6.04. The van der Waals surface area contributed by atoms with Crippen molar-refractivity contribution in [2.24, 2.45) is 5.73 Å². The number of anilines is 2. The van der Waals surface area contributed by atoms with Crippen LogP contribution in [-0.2, 0) is 6.42 Å². The highest BCUT2D eigenvalue weighted by molar-refractivity contribution is 6.33. The lowest BCUT2D eigenvalue weighted by Crippen LogP contribution is -2.02. The summed E-state index contributed by atoms with van der Waals surface area (Å²) >= 11 is 6.04. The van der Waals surface area contributed by atoms with Crippen molar-refractivity contribution in [3.8, 4) is 5.75 Å². The van der Waals surface area contributed by atoms with Gasteiger partial charge < -0.3 is 20.2 Å². The predicted molar refractivity (Wildman–Crippen MR) is 68.3 cm³/mol. The molecule has 18 heavy (non-hydrogen) atoms. The number of ether oxygens (including phenoxy) is 1. The van der Waals surface area contributed by atoms with E-state index in [9.17, 15) is 0 Å². The first-order valence-corrected chi connectivity index (χ1v) is 5.73. The highest BCUT2D eigenvalue weighted by atomic mass is 35.5. The number of nitrogens with zero attached hydrogens (tertiary/aromatic N) is 2. The van der Waals surface area contributed by atoms with Gasteiger partial charge in [-0.15, -0.1) is 5.10 Å². The van der Waals surface area contributed by atoms with Crippen molar-refractivity contribution in [3.63, 3.8) is 0 Å². The number of aromatic nitrogens is 2. The number of hydrogen-bond acceptors (Lipinski definition) is 6. The van der Waals surface area contributed by atoms with Gasteiger partial charge in [0, 0.05) is 19.0 Å². The van der Waals surface area contributed by atoms with E-state index in [2.05, 4.69) is 15.5 Å². The van der Waals surface area contributed by atoms with Gasteiger partial charge in [-0.25, -0.2) is 0 Å². The van der Waals surface area contributed by atoms with E-state index in [-0.39, 0.29) is 6.01 Å². The summed E-state index contributed by atoms with van der Waals surface area (Å²) in [4.78, 5) is 0. The lowest BCUT2D eigenvalue weighted by Gasteiger charge is -2.06. The zero-order valence-electron chi connectivity index (χ0n) is 9.81. The summed E-state index contributed by atoms with van der Waals surface area (Å²) in [6, 6.07) is 5.50. The Morgan fingerprint density at radius 3 is 3.00 bits per heavy atom. The molecule has 0 saturated carbocycles. The Hall–Kier alpha value is -1.79. The lowest BCUT2D eigenvalue weighted by molar-refractivity contribution is 0.415. The van der Waals surface area contributed by atoms with Gasteiger partial charge >= 0.3 is 6.01 Å². The van der Waals surface area contributed by atoms with E-state index in [1.807, 2.05) is 0 Å². The fourth-order valence-electron chi connectivity index (χ4n) is 1.37. The molecule has 0 aliphatic carbocycles. The van der Waals surface area contributed by atoms with E-state index in [0.29, 0.717) is 35.3 Å². The second kappa shape index (κ2) is 5.70. The van der Waals surface area contributed by atoms with E-state index < -0.39 is 0 Å². The van der Waals surface area contributed by atoms with Gasteiger partial charge in [0.15, 0.2) is 0 Å². The molecule has 0 bridgehead atoms. The number of nitrogens with one attached hydrogen (secondary N) is 1. The number of halogens is 1. The van der Waals surface area contributed by atoms with E-state index in [0.717, 1.165) is 0 Å². The van der Waals surface area contributed by atoms with Gasteiger partial charge in [-0.1, -0.05) is 16.7 Å². The number of benzene rings is 1. The molecule has 6 nitrogen and oxygen atoms in total. The first-order chi connectivity index (χ1) is 8.72. The van der Waals surface area contributed by atoms with Crippen LogP contribution in [-0.4, -0.2) is 23.9 Å². The molecular formula is C11H13ClN4O2. The fraction of sp³-hybridized carbons (Fsp3) is 0.273. The largest absolute Gasteiger partial charge is 0.497 e. The fourth-order valence-corrected chi connectivity index (χ4v) is 1.54. The van der Waals surface area contributed by atoms with Crippen molar-refractivity contribution in [3.05, 3.63) is 29.1 Å². The van der Waals surface area contributed by atoms with Crippen LogP contribution in [0.4, 0.5) is 11.7 Å². The van der Waals surface area contributed by atoms with Crippen molar-refractivity contribution in [1.29, 1.82) is 0 Å². The van der Waals surface area contributed by atoms with Crippen molar-refractivity contribution < 1.29 is 9.15 Å². The van der Waals surface area contributed by atoms with E-state index in [1.54, 1.807) is 25.3 Å². The number of nitrogens with two attached hydrogens (primary N) is 1. The number of rotatable bonds is 5. The molecule has 0 fully saturated rings. The molecular weight excluding hydrogens is 256 g/mol. The normalized spacial score (nSPS) is 10.4. The van der Waals surface area contributed by atoms with E-state index in [1.165, 1.54) is 0 Å². The van der Waals surface area contributed by atoms with Crippen molar-refractivity contribution in [1.82, 2.24) is 10.2 Å². The highest BCUT2D eigenvalue weighted by Crippen LogP contribution is 2.28. The van der Waals surface area contributed by atoms with Crippen LogP contribution in [0.25, 0.3) is 0 Å². The SMILES string of the molecule is COc1ccc(Cl)c(Nc2nnc(CCN)o2)c1. The molecule has 96 valence electrons. The monoisotopic (exact) mass is 268 g/mol. The maximum Gasteiger partial charge on any atom is 0.320 e. The minimum Gasteiger partial charge on any atom is -0.497 e. The summed E-state index contributed by atoms with van der Waals surface area (Å²) in [7, 11) is 1.58. The van der Waals surface area contributed by atoms with E-state index in [4.69, 9.17) is 26.5 Å². The van der Waals surface area contributed by atoms with Crippen molar-refractivity contribution in [2.75, 3.05) is 19.0 Å². The third-order valence-electron chi connectivity index (χ3n) is 2.24. The Labute approximate surface area is 109 Å². The quantitative estimate of drug-likeness (QED) is 0.862. The summed E-state index contributed by atoms with van der Waals surface area (Å²) in [5.74, 6) is 1.17. The molecule has 0 unspecified atom stereocenters. The number of methoxy groups -OCH3 is 1. The standard InChI is InChI=1S/C11H13ClN4O2/c1-17-7-2-3-8(12)9(6-7)14-11-16-15-10(18-11)4-5-13/h2-3,6H,4-5,13H2,1H3,(H,14,16). The molecule has 0 aliphatic heterocycles.